The second-order valence-electron chi connectivity index (χ2n) is 7.65. The van der Waals surface area contributed by atoms with E-state index in [0.717, 1.165) is 6.32 Å². The van der Waals surface area contributed by atoms with Crippen LogP contribution in [0.1, 0.15) is 44.7 Å². The van der Waals surface area contributed by atoms with E-state index in [2.05, 4.69) is 76.2 Å². The first-order valence-electron chi connectivity index (χ1n) is 8.43. The Morgan fingerprint density at radius 3 is 1.70 bits per heavy atom. The minimum absolute atomic E-state index is 0.163. The van der Waals surface area contributed by atoms with Gasteiger partial charge < -0.3 is 9.31 Å². The van der Waals surface area contributed by atoms with Crippen LogP contribution in [0.3, 0.4) is 0 Å². The summed E-state index contributed by atoms with van der Waals surface area (Å²) in [6.45, 7) is 8.46. The largest absolute Gasteiger partial charge is 0.458 e. The lowest BCUT2D eigenvalue weighted by Gasteiger charge is -2.32. The summed E-state index contributed by atoms with van der Waals surface area (Å²) in [6, 6.07) is 17.4. The van der Waals surface area contributed by atoms with E-state index in [-0.39, 0.29) is 18.3 Å². The molecule has 2 nitrogen and oxygen atoms in total. The molecule has 3 heteroatoms. The minimum Gasteiger partial charge on any atom is -0.403 e. The molecule has 0 spiro atoms. The van der Waals surface area contributed by atoms with Crippen LogP contribution in [0.4, 0.5) is 0 Å². The second-order valence-corrected chi connectivity index (χ2v) is 7.65. The zero-order valence-electron chi connectivity index (χ0n) is 14.3. The summed E-state index contributed by atoms with van der Waals surface area (Å²) in [5, 5.41) is 0. The summed E-state index contributed by atoms with van der Waals surface area (Å²) >= 11 is 0. The molecule has 2 aromatic rings. The highest BCUT2D eigenvalue weighted by Crippen LogP contribution is 2.48. The Morgan fingerprint density at radius 1 is 0.783 bits per heavy atom. The van der Waals surface area contributed by atoms with Gasteiger partial charge in [-0.1, -0.05) is 48.5 Å². The Hall–Kier alpha value is -1.58. The van der Waals surface area contributed by atoms with Crippen LogP contribution >= 0.6 is 0 Å². The molecule has 0 aromatic heterocycles. The predicted octanol–water partition coefficient (Wildman–Crippen LogP) is 4.89. The quantitative estimate of drug-likeness (QED) is 0.735. The number of rotatable bonds is 2. The van der Waals surface area contributed by atoms with Crippen LogP contribution in [0.2, 0.25) is 6.32 Å². The van der Waals surface area contributed by atoms with E-state index in [1.807, 2.05) is 0 Å². The highest BCUT2D eigenvalue weighted by molar-refractivity contribution is 6.46. The lowest BCUT2D eigenvalue weighted by molar-refractivity contribution is 0.00578. The third kappa shape index (κ3) is 2.26. The molecule has 1 aliphatic heterocycles. The van der Waals surface area contributed by atoms with Gasteiger partial charge in [-0.3, -0.25) is 0 Å². The Bertz CT molecular complexity index is 689. The molecule has 4 rings (SSSR count). The summed E-state index contributed by atoms with van der Waals surface area (Å²) in [5.74, 6) is 0.345. The summed E-state index contributed by atoms with van der Waals surface area (Å²) < 4.78 is 12.5. The van der Waals surface area contributed by atoms with E-state index in [9.17, 15) is 0 Å². The van der Waals surface area contributed by atoms with Crippen molar-refractivity contribution >= 4 is 7.12 Å². The monoisotopic (exact) mass is 306 g/mol. The summed E-state index contributed by atoms with van der Waals surface area (Å²) in [5.41, 5.74) is 4.95. The number of hydrogen-bond acceptors (Lipinski definition) is 2. The van der Waals surface area contributed by atoms with Gasteiger partial charge in [-0.25, -0.2) is 0 Å². The van der Waals surface area contributed by atoms with Gasteiger partial charge in [0.25, 0.3) is 0 Å². The number of fused-ring (bicyclic) bond motifs is 3. The molecule has 0 bridgehead atoms. The van der Waals surface area contributed by atoms with E-state index in [1.54, 1.807) is 0 Å². The molecule has 0 N–H and O–H groups in total. The Labute approximate surface area is 139 Å². The molecule has 0 atom stereocenters. The van der Waals surface area contributed by atoms with Gasteiger partial charge in [0.15, 0.2) is 0 Å². The first-order valence-corrected chi connectivity index (χ1v) is 8.43. The molecule has 0 amide bonds. The fourth-order valence-corrected chi connectivity index (χ4v) is 3.77. The van der Waals surface area contributed by atoms with Crippen LogP contribution in [-0.2, 0) is 9.31 Å². The van der Waals surface area contributed by atoms with Crippen molar-refractivity contribution in [3.8, 4) is 11.1 Å². The van der Waals surface area contributed by atoms with Crippen LogP contribution in [0.15, 0.2) is 48.5 Å². The molecule has 2 aromatic carbocycles. The number of hydrogen-bond donors (Lipinski definition) is 0. The number of benzene rings is 2. The first-order chi connectivity index (χ1) is 10.9. The van der Waals surface area contributed by atoms with E-state index >= 15 is 0 Å². The molecular formula is C20H23BO2. The lowest BCUT2D eigenvalue weighted by Crippen LogP contribution is -2.41. The zero-order chi connectivity index (χ0) is 16.2. The second kappa shape index (κ2) is 4.96. The van der Waals surface area contributed by atoms with Crippen molar-refractivity contribution < 1.29 is 9.31 Å². The predicted molar refractivity (Wildman–Crippen MR) is 94.6 cm³/mol. The normalized spacial score (nSPS) is 21.3. The molecule has 118 valence electrons. The molecule has 1 saturated heterocycles. The topological polar surface area (TPSA) is 18.5 Å². The van der Waals surface area contributed by atoms with E-state index in [0.29, 0.717) is 5.92 Å². The third-order valence-electron chi connectivity index (χ3n) is 5.69. The van der Waals surface area contributed by atoms with Crippen LogP contribution in [-0.4, -0.2) is 18.3 Å². The smallest absolute Gasteiger partial charge is 0.403 e. The van der Waals surface area contributed by atoms with Gasteiger partial charge in [0, 0.05) is 5.92 Å². The molecule has 23 heavy (non-hydrogen) atoms. The highest BCUT2D eigenvalue weighted by Gasteiger charge is 2.52. The van der Waals surface area contributed by atoms with Gasteiger partial charge >= 0.3 is 7.12 Å². The zero-order valence-corrected chi connectivity index (χ0v) is 14.3. The fraction of sp³-hybridized carbons (Fsp3) is 0.400. The summed E-state index contributed by atoms with van der Waals surface area (Å²) in [4.78, 5) is 0. The SMILES string of the molecule is CC1(C)OB(CC2c3ccccc3-c3ccccc32)OC1(C)C. The molecular weight excluding hydrogens is 283 g/mol. The molecule has 0 unspecified atom stereocenters. The Morgan fingerprint density at radius 2 is 1.22 bits per heavy atom. The van der Waals surface area contributed by atoms with Crippen LogP contribution < -0.4 is 0 Å². The van der Waals surface area contributed by atoms with E-state index in [1.165, 1.54) is 22.3 Å². The first kappa shape index (κ1) is 15.0. The Balaban J connectivity index is 1.68. The van der Waals surface area contributed by atoms with E-state index in [4.69, 9.17) is 9.31 Å². The van der Waals surface area contributed by atoms with Gasteiger partial charge in [-0.05, 0) is 56.3 Å². The van der Waals surface area contributed by atoms with Gasteiger partial charge in [-0.15, -0.1) is 0 Å². The summed E-state index contributed by atoms with van der Waals surface area (Å²) in [6.07, 6.45) is 0.862. The molecule has 2 aliphatic rings. The average molecular weight is 306 g/mol. The molecule has 1 aliphatic carbocycles. The van der Waals surface area contributed by atoms with Crippen molar-refractivity contribution in [1.29, 1.82) is 0 Å². The lowest BCUT2D eigenvalue weighted by atomic mass is 9.74. The molecule has 1 fully saturated rings. The molecule has 0 saturated carbocycles. The van der Waals surface area contributed by atoms with Crippen LogP contribution in [0.25, 0.3) is 11.1 Å². The maximum absolute atomic E-state index is 6.23. The van der Waals surface area contributed by atoms with Gasteiger partial charge in [0.05, 0.1) is 11.2 Å². The van der Waals surface area contributed by atoms with Gasteiger partial charge in [0.1, 0.15) is 0 Å². The van der Waals surface area contributed by atoms with Crippen molar-refractivity contribution in [1.82, 2.24) is 0 Å². The maximum atomic E-state index is 6.23. The van der Waals surface area contributed by atoms with Crippen LogP contribution in [0.5, 0.6) is 0 Å². The Kier molecular flexibility index (Phi) is 3.23. The average Bonchev–Trinajstić information content (AvgIpc) is 2.92. The van der Waals surface area contributed by atoms with Crippen molar-refractivity contribution in [2.75, 3.05) is 0 Å². The van der Waals surface area contributed by atoms with Gasteiger partial charge in [0.2, 0.25) is 0 Å². The van der Waals surface area contributed by atoms with Crippen LogP contribution in [0, 0.1) is 0 Å². The molecule has 0 radical (unpaired) electrons. The third-order valence-corrected chi connectivity index (χ3v) is 5.69. The van der Waals surface area contributed by atoms with Crippen molar-refractivity contribution in [3.63, 3.8) is 0 Å². The molecule has 1 heterocycles. The van der Waals surface area contributed by atoms with Crippen molar-refractivity contribution in [2.24, 2.45) is 0 Å². The van der Waals surface area contributed by atoms with E-state index < -0.39 is 0 Å². The minimum atomic E-state index is -0.269. The summed E-state index contributed by atoms with van der Waals surface area (Å²) in [7, 11) is -0.163. The van der Waals surface area contributed by atoms with Crippen molar-refractivity contribution in [2.45, 2.75) is 51.1 Å². The standard InChI is InChI=1S/C20H23BO2/c1-19(2)20(3,4)23-21(22-19)13-18-16-11-7-5-9-14(16)15-10-6-8-12-17(15)18/h5-12,18H,13H2,1-4H3. The van der Waals surface area contributed by atoms with Crippen molar-refractivity contribution in [3.05, 3.63) is 59.7 Å². The van der Waals surface area contributed by atoms with Gasteiger partial charge in [-0.2, -0.15) is 0 Å². The highest BCUT2D eigenvalue weighted by atomic mass is 16.7. The fourth-order valence-electron chi connectivity index (χ4n) is 3.77. The maximum Gasteiger partial charge on any atom is 0.458 e.